The summed E-state index contributed by atoms with van der Waals surface area (Å²) in [7, 11) is 0. The van der Waals surface area contributed by atoms with E-state index in [4.69, 9.17) is 4.74 Å². The molecule has 16 heavy (non-hydrogen) atoms. The minimum Gasteiger partial charge on any atom is -0.374 e. The van der Waals surface area contributed by atoms with Gasteiger partial charge in [-0.2, -0.15) is 0 Å². The van der Waals surface area contributed by atoms with Crippen LogP contribution < -0.4 is 0 Å². The van der Waals surface area contributed by atoms with Crippen LogP contribution in [-0.2, 0) is 16.0 Å². The van der Waals surface area contributed by atoms with Crippen molar-refractivity contribution >= 4 is 5.78 Å². The molecule has 0 radical (unpaired) electrons. The van der Waals surface area contributed by atoms with Gasteiger partial charge in [0, 0.05) is 13.0 Å². The maximum atomic E-state index is 11.6. The number of rotatable bonds is 6. The molecule has 88 valence electrons. The second-order valence-corrected chi connectivity index (χ2v) is 4.19. The fourth-order valence-corrected chi connectivity index (χ4v) is 1.52. The predicted molar refractivity (Wildman–Crippen MR) is 65.7 cm³/mol. The molecule has 2 heteroatoms. The van der Waals surface area contributed by atoms with Gasteiger partial charge in [-0.25, -0.2) is 0 Å². The van der Waals surface area contributed by atoms with Crippen molar-refractivity contribution in [3.8, 4) is 0 Å². The number of aryl methyl sites for hydroxylation is 2. The summed E-state index contributed by atoms with van der Waals surface area (Å²) in [4.78, 5) is 11.6. The zero-order chi connectivity index (χ0) is 12.0. The Bertz CT molecular complexity index is 356. The average molecular weight is 220 g/mol. The molecule has 0 aliphatic heterocycles. The number of hydrogen-bond donors (Lipinski definition) is 0. The Kier molecular flexibility index (Phi) is 5.20. The van der Waals surface area contributed by atoms with Gasteiger partial charge in [0.25, 0.3) is 0 Å². The van der Waals surface area contributed by atoms with Crippen molar-refractivity contribution < 1.29 is 9.53 Å². The number of ketones is 1. The quantitative estimate of drug-likeness (QED) is 0.689. The van der Waals surface area contributed by atoms with Gasteiger partial charge in [0.05, 0.1) is 0 Å². The molecule has 0 atom stereocenters. The Morgan fingerprint density at radius 2 is 2.00 bits per heavy atom. The third-order valence-electron chi connectivity index (χ3n) is 2.58. The van der Waals surface area contributed by atoms with Crippen molar-refractivity contribution in [2.24, 2.45) is 0 Å². The van der Waals surface area contributed by atoms with Crippen LogP contribution in [0.1, 0.15) is 30.0 Å². The highest BCUT2D eigenvalue weighted by molar-refractivity contribution is 5.82. The summed E-state index contributed by atoms with van der Waals surface area (Å²) in [5.41, 5.74) is 3.58. The summed E-state index contributed by atoms with van der Waals surface area (Å²) in [6, 6.07) is 6.15. The highest BCUT2D eigenvalue weighted by Gasteiger charge is 2.04. The van der Waals surface area contributed by atoms with Gasteiger partial charge >= 0.3 is 0 Å². The third-order valence-corrected chi connectivity index (χ3v) is 2.58. The van der Waals surface area contributed by atoms with E-state index in [9.17, 15) is 4.79 Å². The first-order valence-electron chi connectivity index (χ1n) is 5.79. The van der Waals surface area contributed by atoms with Crippen molar-refractivity contribution in [2.75, 3.05) is 13.2 Å². The molecule has 0 saturated heterocycles. The maximum Gasteiger partial charge on any atom is 0.162 e. The molecule has 0 spiro atoms. The Morgan fingerprint density at radius 1 is 1.25 bits per heavy atom. The minimum atomic E-state index is 0.150. The fraction of sp³-hybridized carbons (Fsp3) is 0.500. The van der Waals surface area contributed by atoms with Gasteiger partial charge in [-0.1, -0.05) is 25.1 Å². The second-order valence-electron chi connectivity index (χ2n) is 4.19. The van der Waals surface area contributed by atoms with Crippen LogP contribution in [0, 0.1) is 13.8 Å². The van der Waals surface area contributed by atoms with E-state index in [1.165, 1.54) is 11.1 Å². The summed E-state index contributed by atoms with van der Waals surface area (Å²) >= 11 is 0. The SMILES string of the molecule is CCCOCC(=O)Cc1ccc(C)c(C)c1. The molecule has 0 unspecified atom stereocenters. The topological polar surface area (TPSA) is 26.3 Å². The van der Waals surface area contributed by atoms with Gasteiger partial charge in [0.15, 0.2) is 5.78 Å². The minimum absolute atomic E-state index is 0.150. The fourth-order valence-electron chi connectivity index (χ4n) is 1.52. The molecule has 0 aliphatic carbocycles. The van der Waals surface area contributed by atoms with E-state index in [2.05, 4.69) is 26.0 Å². The van der Waals surface area contributed by atoms with Crippen LogP contribution in [0.3, 0.4) is 0 Å². The lowest BCUT2D eigenvalue weighted by Gasteiger charge is -2.05. The van der Waals surface area contributed by atoms with Crippen LogP contribution in [0.4, 0.5) is 0 Å². The highest BCUT2D eigenvalue weighted by atomic mass is 16.5. The molecule has 0 N–H and O–H groups in total. The molecule has 1 rings (SSSR count). The van der Waals surface area contributed by atoms with Crippen LogP contribution in [0.25, 0.3) is 0 Å². The Balaban J connectivity index is 2.46. The van der Waals surface area contributed by atoms with Crippen LogP contribution in [0.5, 0.6) is 0 Å². The maximum absolute atomic E-state index is 11.6. The summed E-state index contributed by atoms with van der Waals surface area (Å²) in [5.74, 6) is 0.150. The molecule has 0 aromatic heterocycles. The van der Waals surface area contributed by atoms with Gasteiger partial charge in [-0.15, -0.1) is 0 Å². The molecule has 0 bridgehead atoms. The summed E-state index contributed by atoms with van der Waals surface area (Å²) in [5, 5.41) is 0. The monoisotopic (exact) mass is 220 g/mol. The molecule has 0 aliphatic rings. The van der Waals surface area contributed by atoms with Crippen molar-refractivity contribution in [3.05, 3.63) is 34.9 Å². The van der Waals surface area contributed by atoms with Gasteiger partial charge in [0.1, 0.15) is 6.61 Å². The van der Waals surface area contributed by atoms with E-state index >= 15 is 0 Å². The van der Waals surface area contributed by atoms with Crippen molar-refractivity contribution in [1.82, 2.24) is 0 Å². The predicted octanol–water partition coefficient (Wildman–Crippen LogP) is 2.84. The number of ether oxygens (including phenoxy) is 1. The number of carbonyl (C=O) groups is 1. The zero-order valence-electron chi connectivity index (χ0n) is 10.4. The van der Waals surface area contributed by atoms with E-state index in [-0.39, 0.29) is 12.4 Å². The second kappa shape index (κ2) is 6.44. The molecule has 1 aromatic carbocycles. The first-order valence-corrected chi connectivity index (χ1v) is 5.79. The first-order chi connectivity index (χ1) is 7.63. The van der Waals surface area contributed by atoms with Crippen LogP contribution in [0.2, 0.25) is 0 Å². The lowest BCUT2D eigenvalue weighted by atomic mass is 10.0. The van der Waals surface area contributed by atoms with Gasteiger partial charge in [-0.3, -0.25) is 4.79 Å². The molecule has 2 nitrogen and oxygen atoms in total. The van der Waals surface area contributed by atoms with E-state index in [1.54, 1.807) is 0 Å². The standard InChI is InChI=1S/C14H20O2/c1-4-7-16-10-14(15)9-13-6-5-11(2)12(3)8-13/h5-6,8H,4,7,9-10H2,1-3H3. The van der Waals surface area contributed by atoms with E-state index in [0.29, 0.717) is 13.0 Å². The molecule has 0 heterocycles. The van der Waals surface area contributed by atoms with Crippen molar-refractivity contribution in [2.45, 2.75) is 33.6 Å². The number of hydrogen-bond acceptors (Lipinski definition) is 2. The zero-order valence-corrected chi connectivity index (χ0v) is 10.4. The smallest absolute Gasteiger partial charge is 0.162 e. The Hall–Kier alpha value is -1.15. The number of benzene rings is 1. The normalized spacial score (nSPS) is 10.4. The number of Topliss-reactive ketones (excluding diaryl/α,β-unsaturated/α-hetero) is 1. The summed E-state index contributed by atoms with van der Waals surface area (Å²) < 4.78 is 5.22. The summed E-state index contributed by atoms with van der Waals surface area (Å²) in [6.45, 7) is 7.08. The van der Waals surface area contributed by atoms with Gasteiger partial charge in [-0.05, 0) is 37.0 Å². The lowest BCUT2D eigenvalue weighted by molar-refractivity contribution is -0.122. The number of carbonyl (C=O) groups excluding carboxylic acids is 1. The molecular weight excluding hydrogens is 200 g/mol. The lowest BCUT2D eigenvalue weighted by Crippen LogP contribution is -2.12. The highest BCUT2D eigenvalue weighted by Crippen LogP contribution is 2.10. The van der Waals surface area contributed by atoms with Crippen LogP contribution >= 0.6 is 0 Å². The summed E-state index contributed by atoms with van der Waals surface area (Å²) in [6.07, 6.45) is 1.43. The largest absolute Gasteiger partial charge is 0.374 e. The van der Waals surface area contributed by atoms with Crippen LogP contribution in [-0.4, -0.2) is 19.0 Å². The third kappa shape index (κ3) is 4.15. The van der Waals surface area contributed by atoms with E-state index in [0.717, 1.165) is 12.0 Å². The average Bonchev–Trinajstić information content (AvgIpc) is 2.24. The molecule has 0 saturated carbocycles. The molecular formula is C14H20O2. The van der Waals surface area contributed by atoms with Crippen molar-refractivity contribution in [1.29, 1.82) is 0 Å². The molecule has 1 aromatic rings. The van der Waals surface area contributed by atoms with Gasteiger partial charge < -0.3 is 4.74 Å². The Labute approximate surface area is 97.6 Å². The van der Waals surface area contributed by atoms with E-state index < -0.39 is 0 Å². The van der Waals surface area contributed by atoms with Crippen molar-refractivity contribution in [3.63, 3.8) is 0 Å². The Morgan fingerprint density at radius 3 is 2.62 bits per heavy atom. The van der Waals surface area contributed by atoms with Gasteiger partial charge in [0.2, 0.25) is 0 Å². The van der Waals surface area contributed by atoms with E-state index in [1.807, 2.05) is 13.0 Å². The first kappa shape index (κ1) is 12.9. The molecule has 0 fully saturated rings. The molecule has 0 amide bonds. The van der Waals surface area contributed by atoms with Crippen LogP contribution in [0.15, 0.2) is 18.2 Å².